The number of esters is 1. The van der Waals surface area contributed by atoms with Gasteiger partial charge in [-0.25, -0.2) is 0 Å². The van der Waals surface area contributed by atoms with Gasteiger partial charge in [0.15, 0.2) is 0 Å². The Kier molecular flexibility index (Phi) is 8.87. The molecule has 0 aliphatic rings. The maximum atomic E-state index is 11.5. The highest BCUT2D eigenvalue weighted by molar-refractivity contribution is 5.83. The van der Waals surface area contributed by atoms with Crippen LogP contribution in [0.25, 0.3) is 10.8 Å². The molecule has 2 N–H and O–H groups in total. The van der Waals surface area contributed by atoms with Gasteiger partial charge >= 0.3 is 5.97 Å². The van der Waals surface area contributed by atoms with Crippen LogP contribution in [0.5, 0.6) is 5.75 Å². The summed E-state index contributed by atoms with van der Waals surface area (Å²) in [6.45, 7) is 7.15. The molecule has 176 valence electrons. The molecule has 3 aromatic carbocycles. The van der Waals surface area contributed by atoms with E-state index in [1.54, 1.807) is 6.92 Å². The minimum atomic E-state index is -0.621. The van der Waals surface area contributed by atoms with Gasteiger partial charge < -0.3 is 19.9 Å². The second kappa shape index (κ2) is 11.8. The highest BCUT2D eigenvalue weighted by atomic mass is 16.5. The number of aliphatic hydroxyl groups is 1. The van der Waals surface area contributed by atoms with Crippen LogP contribution in [0.1, 0.15) is 38.3 Å². The van der Waals surface area contributed by atoms with Crippen LogP contribution in [0.3, 0.4) is 0 Å². The molecule has 33 heavy (non-hydrogen) atoms. The molecule has 0 fully saturated rings. The molecule has 0 saturated carbocycles. The van der Waals surface area contributed by atoms with Crippen molar-refractivity contribution >= 4 is 16.7 Å². The second-order valence-corrected chi connectivity index (χ2v) is 9.04. The van der Waals surface area contributed by atoms with E-state index < -0.39 is 6.10 Å². The average Bonchev–Trinajstić information content (AvgIpc) is 2.81. The molecule has 0 spiro atoms. The molecule has 0 aliphatic carbocycles. The van der Waals surface area contributed by atoms with Gasteiger partial charge in [-0.3, -0.25) is 4.79 Å². The molecule has 5 nitrogen and oxygen atoms in total. The monoisotopic (exact) mass is 449 g/mol. The molecule has 0 saturated heterocycles. The Balaban J connectivity index is 1.41. The fourth-order valence-corrected chi connectivity index (χ4v) is 3.80. The van der Waals surface area contributed by atoms with Crippen LogP contribution in [0.4, 0.5) is 0 Å². The fraction of sp³-hybridized carbons (Fsp3) is 0.393. The Morgan fingerprint density at radius 2 is 1.70 bits per heavy atom. The molecule has 3 aromatic rings. The summed E-state index contributed by atoms with van der Waals surface area (Å²) in [7, 11) is 0. The van der Waals surface area contributed by atoms with Gasteiger partial charge in [-0.15, -0.1) is 0 Å². The van der Waals surface area contributed by atoms with E-state index in [9.17, 15) is 9.90 Å². The third kappa shape index (κ3) is 8.19. The molecule has 0 heterocycles. The van der Waals surface area contributed by atoms with Crippen molar-refractivity contribution in [2.24, 2.45) is 0 Å². The fourth-order valence-electron chi connectivity index (χ4n) is 3.80. The van der Waals surface area contributed by atoms with Crippen LogP contribution in [0.2, 0.25) is 0 Å². The van der Waals surface area contributed by atoms with E-state index in [2.05, 4.69) is 61.6 Å². The lowest BCUT2D eigenvalue weighted by Crippen LogP contribution is -2.46. The van der Waals surface area contributed by atoms with E-state index in [0.717, 1.165) is 12.0 Å². The standard InChI is InChI=1S/C28H35NO4/c1-4-32-27(31)16-12-21-10-14-26(15-11-21)33-20-25(30)19-29-28(2,3)18-22-9-13-23-7-5-6-8-24(23)17-22/h5-11,13-15,17,25,29-30H,4,12,16,18-20H2,1-3H3/t25-/m1/s1. The maximum absolute atomic E-state index is 11.5. The van der Waals surface area contributed by atoms with E-state index in [1.165, 1.54) is 16.3 Å². The second-order valence-electron chi connectivity index (χ2n) is 9.04. The van der Waals surface area contributed by atoms with Crippen LogP contribution in [0.15, 0.2) is 66.7 Å². The zero-order valence-corrected chi connectivity index (χ0v) is 19.8. The first-order valence-corrected chi connectivity index (χ1v) is 11.6. The smallest absolute Gasteiger partial charge is 0.306 e. The van der Waals surface area contributed by atoms with Crippen molar-refractivity contribution in [3.8, 4) is 5.75 Å². The van der Waals surface area contributed by atoms with Gasteiger partial charge in [0.05, 0.1) is 6.61 Å². The number of carbonyl (C=O) groups excluding carboxylic acids is 1. The summed E-state index contributed by atoms with van der Waals surface area (Å²) < 4.78 is 10.7. The topological polar surface area (TPSA) is 67.8 Å². The van der Waals surface area contributed by atoms with Crippen LogP contribution >= 0.6 is 0 Å². The zero-order valence-electron chi connectivity index (χ0n) is 19.8. The Morgan fingerprint density at radius 1 is 1.00 bits per heavy atom. The first kappa shape index (κ1) is 24.7. The lowest BCUT2D eigenvalue weighted by molar-refractivity contribution is -0.143. The number of β-amino-alcohol motifs (C(OH)–C–C–N with tert-alkyl or cyclic N) is 1. The number of hydrogen-bond donors (Lipinski definition) is 2. The number of fused-ring (bicyclic) bond motifs is 1. The summed E-state index contributed by atoms with van der Waals surface area (Å²) >= 11 is 0. The van der Waals surface area contributed by atoms with E-state index in [1.807, 2.05) is 24.3 Å². The van der Waals surface area contributed by atoms with E-state index in [-0.39, 0.29) is 18.1 Å². The molecule has 0 bridgehead atoms. The van der Waals surface area contributed by atoms with Crippen LogP contribution in [-0.2, 0) is 22.4 Å². The van der Waals surface area contributed by atoms with Crippen LogP contribution in [0, 0.1) is 0 Å². The number of benzene rings is 3. The van der Waals surface area contributed by atoms with Gasteiger partial charge in [-0.2, -0.15) is 0 Å². The molecule has 0 aliphatic heterocycles. The Morgan fingerprint density at radius 3 is 2.42 bits per heavy atom. The number of hydrogen-bond acceptors (Lipinski definition) is 5. The van der Waals surface area contributed by atoms with Crippen LogP contribution in [-0.4, -0.2) is 42.5 Å². The van der Waals surface area contributed by atoms with Gasteiger partial charge in [0, 0.05) is 18.5 Å². The molecular formula is C28H35NO4. The number of rotatable bonds is 12. The van der Waals surface area contributed by atoms with Crippen molar-refractivity contribution < 1.29 is 19.4 Å². The molecule has 1 atom stereocenters. The minimum Gasteiger partial charge on any atom is -0.491 e. The lowest BCUT2D eigenvalue weighted by Gasteiger charge is -2.28. The summed E-state index contributed by atoms with van der Waals surface area (Å²) in [5.74, 6) is 0.515. The molecule has 3 rings (SSSR count). The number of carbonyl (C=O) groups is 1. The summed E-state index contributed by atoms with van der Waals surface area (Å²) in [5, 5.41) is 16.3. The molecule has 0 unspecified atom stereocenters. The first-order chi connectivity index (χ1) is 15.8. The summed E-state index contributed by atoms with van der Waals surface area (Å²) in [5.41, 5.74) is 2.15. The molecule has 0 amide bonds. The number of aryl methyl sites for hydroxylation is 1. The van der Waals surface area contributed by atoms with Gasteiger partial charge in [0.1, 0.15) is 18.5 Å². The predicted molar refractivity (Wildman–Crippen MR) is 133 cm³/mol. The maximum Gasteiger partial charge on any atom is 0.306 e. The summed E-state index contributed by atoms with van der Waals surface area (Å²) in [6.07, 6.45) is 1.24. The highest BCUT2D eigenvalue weighted by Gasteiger charge is 2.19. The molecule has 5 heteroatoms. The van der Waals surface area contributed by atoms with Crippen molar-refractivity contribution in [3.05, 3.63) is 77.9 Å². The number of nitrogens with one attached hydrogen (secondary N) is 1. The summed E-state index contributed by atoms with van der Waals surface area (Å²) in [6, 6.07) is 22.5. The normalized spacial score (nSPS) is 12.5. The number of aliphatic hydroxyl groups excluding tert-OH is 1. The molecule has 0 aromatic heterocycles. The SMILES string of the molecule is CCOC(=O)CCc1ccc(OC[C@H](O)CNC(C)(C)Cc2ccc3ccccc3c2)cc1. The Labute approximate surface area is 196 Å². The van der Waals surface area contributed by atoms with Crippen molar-refractivity contribution in [1.29, 1.82) is 0 Å². The van der Waals surface area contributed by atoms with Crippen LogP contribution < -0.4 is 10.1 Å². The van der Waals surface area contributed by atoms with Gasteiger partial charge in [0.2, 0.25) is 0 Å². The Bertz CT molecular complexity index is 1030. The van der Waals surface area contributed by atoms with Crippen molar-refractivity contribution in [1.82, 2.24) is 5.32 Å². The van der Waals surface area contributed by atoms with E-state index in [4.69, 9.17) is 9.47 Å². The van der Waals surface area contributed by atoms with Gasteiger partial charge in [0.25, 0.3) is 0 Å². The third-order valence-corrected chi connectivity index (χ3v) is 5.57. The molecular weight excluding hydrogens is 414 g/mol. The quantitative estimate of drug-likeness (QED) is 0.393. The van der Waals surface area contributed by atoms with Crippen molar-refractivity contribution in [2.75, 3.05) is 19.8 Å². The van der Waals surface area contributed by atoms with Gasteiger partial charge in [-0.1, -0.05) is 54.6 Å². The summed E-state index contributed by atoms with van der Waals surface area (Å²) in [4.78, 5) is 11.5. The minimum absolute atomic E-state index is 0.163. The molecule has 0 radical (unpaired) electrons. The third-order valence-electron chi connectivity index (χ3n) is 5.57. The van der Waals surface area contributed by atoms with Crippen molar-refractivity contribution in [2.45, 2.75) is 51.7 Å². The van der Waals surface area contributed by atoms with Crippen molar-refractivity contribution in [3.63, 3.8) is 0 Å². The van der Waals surface area contributed by atoms with Gasteiger partial charge in [-0.05, 0) is 67.6 Å². The highest BCUT2D eigenvalue weighted by Crippen LogP contribution is 2.20. The Hall–Kier alpha value is -2.89. The first-order valence-electron chi connectivity index (χ1n) is 11.6. The zero-order chi connectivity index (χ0) is 23.7. The average molecular weight is 450 g/mol. The largest absolute Gasteiger partial charge is 0.491 e. The predicted octanol–water partition coefficient (Wildman–Crippen LogP) is 4.69. The number of ether oxygens (including phenoxy) is 2. The van der Waals surface area contributed by atoms with E-state index >= 15 is 0 Å². The lowest BCUT2D eigenvalue weighted by atomic mass is 9.93. The van der Waals surface area contributed by atoms with E-state index in [0.29, 0.717) is 31.7 Å².